The predicted octanol–water partition coefficient (Wildman–Crippen LogP) is 2.18. The first kappa shape index (κ1) is 13.6. The molecule has 0 bridgehead atoms. The molecule has 6 heteroatoms. The summed E-state index contributed by atoms with van der Waals surface area (Å²) in [5, 5.41) is 12.5. The molecule has 0 radical (unpaired) electrons. The summed E-state index contributed by atoms with van der Waals surface area (Å²) in [6.07, 6.45) is 0. The van der Waals surface area contributed by atoms with Gasteiger partial charge in [-0.2, -0.15) is 0 Å². The second-order valence-electron chi connectivity index (χ2n) is 4.44. The van der Waals surface area contributed by atoms with Crippen LogP contribution in [0.4, 0.5) is 5.69 Å². The number of rotatable bonds is 4. The number of ether oxygens (including phenoxy) is 1. The zero-order valence-electron chi connectivity index (χ0n) is 11.3. The molecule has 0 aliphatic rings. The first-order valence-electron chi connectivity index (χ1n) is 6.34. The molecule has 2 aromatic carbocycles. The Kier molecular flexibility index (Phi) is 3.87. The molecule has 104 valence electrons. The van der Waals surface area contributed by atoms with E-state index in [4.69, 9.17) is 10.00 Å². The van der Waals surface area contributed by atoms with Gasteiger partial charge >= 0.3 is 128 Å². The third-order valence-electron chi connectivity index (χ3n) is 3.15. The van der Waals surface area contributed by atoms with Gasteiger partial charge in [0.15, 0.2) is 0 Å². The standard InChI is InChI=1S/C15H12N4OSe/c1-20-14-6-5-10(7-11(14)8-16)9-17-12-3-2-4-13-15(12)19-21-18-13/h2-7,17H,9H2,1H3. The molecule has 21 heavy (non-hydrogen) atoms. The second kappa shape index (κ2) is 5.96. The maximum atomic E-state index is 9.11. The van der Waals surface area contributed by atoms with E-state index in [-0.39, 0.29) is 15.0 Å². The fourth-order valence-corrected chi connectivity index (χ4v) is 3.25. The van der Waals surface area contributed by atoms with Gasteiger partial charge in [0.05, 0.1) is 0 Å². The molecule has 1 heterocycles. The first-order chi connectivity index (χ1) is 10.3. The molecule has 0 unspecified atom stereocenters. The molecule has 1 aromatic heterocycles. The van der Waals surface area contributed by atoms with Crippen molar-refractivity contribution in [3.8, 4) is 11.8 Å². The predicted molar refractivity (Wildman–Crippen MR) is 81.5 cm³/mol. The van der Waals surface area contributed by atoms with E-state index in [0.717, 1.165) is 22.3 Å². The van der Waals surface area contributed by atoms with E-state index in [1.165, 1.54) is 0 Å². The molecule has 3 aromatic rings. The topological polar surface area (TPSA) is 70.8 Å². The van der Waals surface area contributed by atoms with Gasteiger partial charge in [-0.05, 0) is 0 Å². The normalized spacial score (nSPS) is 10.3. The number of aromatic nitrogens is 2. The summed E-state index contributed by atoms with van der Waals surface area (Å²) in [7, 11) is 1.56. The first-order valence-corrected chi connectivity index (χ1v) is 7.87. The molecule has 0 amide bonds. The SMILES string of the molecule is COc1ccc(CNc2cccc3n[se]nc23)cc1C#N. The fourth-order valence-electron chi connectivity index (χ4n) is 2.10. The fraction of sp³-hybridized carbons (Fsp3) is 0.133. The van der Waals surface area contributed by atoms with Crippen LogP contribution >= 0.6 is 0 Å². The van der Waals surface area contributed by atoms with E-state index in [2.05, 4.69) is 19.3 Å². The number of methoxy groups -OCH3 is 1. The number of hydrogen-bond acceptors (Lipinski definition) is 5. The van der Waals surface area contributed by atoms with Crippen LogP contribution in [-0.2, 0) is 6.54 Å². The summed E-state index contributed by atoms with van der Waals surface area (Å²) in [6.45, 7) is 0.623. The van der Waals surface area contributed by atoms with Gasteiger partial charge in [0, 0.05) is 0 Å². The quantitative estimate of drug-likeness (QED) is 0.736. The molecule has 3 rings (SSSR count). The van der Waals surface area contributed by atoms with Crippen LogP contribution in [0.2, 0.25) is 0 Å². The van der Waals surface area contributed by atoms with Crippen LogP contribution < -0.4 is 10.1 Å². The zero-order valence-corrected chi connectivity index (χ0v) is 13.0. The summed E-state index contributed by atoms with van der Waals surface area (Å²) < 4.78 is 13.9. The van der Waals surface area contributed by atoms with Crippen molar-refractivity contribution < 1.29 is 4.74 Å². The minimum absolute atomic E-state index is 0.0335. The Morgan fingerprint density at radius 2 is 2.19 bits per heavy atom. The number of anilines is 1. The second-order valence-corrected chi connectivity index (χ2v) is 5.55. The molecule has 1 N–H and O–H groups in total. The zero-order chi connectivity index (χ0) is 14.7. The van der Waals surface area contributed by atoms with Crippen LogP contribution in [0.25, 0.3) is 11.0 Å². The maximum absolute atomic E-state index is 9.11. The number of nitrogens with one attached hydrogen (secondary N) is 1. The minimum atomic E-state index is -0.0335. The van der Waals surface area contributed by atoms with Gasteiger partial charge in [0.2, 0.25) is 0 Å². The Morgan fingerprint density at radius 1 is 1.29 bits per heavy atom. The Morgan fingerprint density at radius 3 is 3.00 bits per heavy atom. The number of nitrogens with zero attached hydrogens (tertiary/aromatic N) is 3. The Balaban J connectivity index is 1.82. The van der Waals surface area contributed by atoms with Crippen LogP contribution in [0.5, 0.6) is 5.75 Å². The number of fused-ring (bicyclic) bond motifs is 1. The molecule has 0 fully saturated rings. The number of benzene rings is 2. The van der Waals surface area contributed by atoms with Crippen LogP contribution in [0.1, 0.15) is 11.1 Å². The summed E-state index contributed by atoms with van der Waals surface area (Å²) in [5.41, 5.74) is 4.42. The van der Waals surface area contributed by atoms with Gasteiger partial charge in [-0.15, -0.1) is 0 Å². The molecular formula is C15H12N4OSe. The third kappa shape index (κ3) is 2.75. The van der Waals surface area contributed by atoms with Crippen molar-refractivity contribution in [2.45, 2.75) is 6.54 Å². The molecule has 0 aliphatic carbocycles. The van der Waals surface area contributed by atoms with Crippen molar-refractivity contribution in [3.63, 3.8) is 0 Å². The molecule has 5 nitrogen and oxygen atoms in total. The van der Waals surface area contributed by atoms with Gasteiger partial charge in [-0.25, -0.2) is 0 Å². The van der Waals surface area contributed by atoms with E-state index in [9.17, 15) is 0 Å². The van der Waals surface area contributed by atoms with Crippen LogP contribution in [0.3, 0.4) is 0 Å². The van der Waals surface area contributed by atoms with Gasteiger partial charge in [0.25, 0.3) is 0 Å². The molecule has 0 aliphatic heterocycles. The van der Waals surface area contributed by atoms with E-state index in [1.807, 2.05) is 36.4 Å². The van der Waals surface area contributed by atoms with Crippen LogP contribution in [-0.4, -0.2) is 30.0 Å². The summed E-state index contributed by atoms with van der Waals surface area (Å²) >= 11 is -0.0335. The van der Waals surface area contributed by atoms with Gasteiger partial charge in [-0.1, -0.05) is 0 Å². The van der Waals surface area contributed by atoms with Crippen LogP contribution in [0, 0.1) is 11.3 Å². The molecule has 0 spiro atoms. The van der Waals surface area contributed by atoms with Gasteiger partial charge in [0.1, 0.15) is 0 Å². The van der Waals surface area contributed by atoms with E-state index >= 15 is 0 Å². The van der Waals surface area contributed by atoms with Crippen molar-refractivity contribution in [2.24, 2.45) is 0 Å². The Hall–Kier alpha value is -2.35. The number of nitriles is 1. The van der Waals surface area contributed by atoms with Crippen molar-refractivity contribution in [2.75, 3.05) is 12.4 Å². The van der Waals surface area contributed by atoms with E-state index in [1.54, 1.807) is 7.11 Å². The van der Waals surface area contributed by atoms with Crippen molar-refractivity contribution >= 4 is 31.7 Å². The van der Waals surface area contributed by atoms with Crippen LogP contribution in [0.15, 0.2) is 36.4 Å². The average Bonchev–Trinajstić information content (AvgIpc) is 3.01. The van der Waals surface area contributed by atoms with E-state index in [0.29, 0.717) is 17.9 Å². The summed E-state index contributed by atoms with van der Waals surface area (Å²) in [4.78, 5) is 0. The van der Waals surface area contributed by atoms with Crippen molar-refractivity contribution in [1.82, 2.24) is 7.96 Å². The van der Waals surface area contributed by atoms with Gasteiger partial charge < -0.3 is 0 Å². The monoisotopic (exact) mass is 344 g/mol. The van der Waals surface area contributed by atoms with E-state index < -0.39 is 0 Å². The molecule has 0 saturated carbocycles. The average molecular weight is 343 g/mol. The molecule has 0 atom stereocenters. The Bertz CT molecular complexity index is 822. The number of hydrogen-bond donors (Lipinski definition) is 1. The van der Waals surface area contributed by atoms with Gasteiger partial charge in [-0.3, -0.25) is 0 Å². The third-order valence-corrected chi connectivity index (χ3v) is 4.29. The van der Waals surface area contributed by atoms with Crippen molar-refractivity contribution in [1.29, 1.82) is 5.26 Å². The summed E-state index contributed by atoms with van der Waals surface area (Å²) in [5.74, 6) is 0.596. The molecular weight excluding hydrogens is 331 g/mol. The molecule has 0 saturated heterocycles. The summed E-state index contributed by atoms with van der Waals surface area (Å²) in [6, 6.07) is 13.7. The Labute approximate surface area is 128 Å². The van der Waals surface area contributed by atoms with Crippen molar-refractivity contribution in [3.05, 3.63) is 47.5 Å².